The number of hydrogen-bond acceptors (Lipinski definition) is 4. The molecule has 8 heteroatoms. The van der Waals surface area contributed by atoms with E-state index in [9.17, 15) is 14.4 Å². The van der Waals surface area contributed by atoms with Crippen LogP contribution in [0.25, 0.3) is 0 Å². The fourth-order valence-corrected chi connectivity index (χ4v) is 3.75. The number of nitrogens with one attached hydrogen (secondary N) is 2. The fraction of sp³-hybridized carbons (Fsp3) is 0.706. The molecule has 2 heterocycles. The molecule has 1 saturated heterocycles. The number of anilines is 1. The summed E-state index contributed by atoms with van der Waals surface area (Å²) in [4.78, 5) is 38.2. The van der Waals surface area contributed by atoms with Crippen LogP contribution in [0.3, 0.4) is 0 Å². The lowest BCUT2D eigenvalue weighted by atomic mass is 10.0. The van der Waals surface area contributed by atoms with Gasteiger partial charge in [0.15, 0.2) is 0 Å². The Bertz CT molecular complexity index is 740. The van der Waals surface area contributed by atoms with E-state index in [4.69, 9.17) is 0 Å². The van der Waals surface area contributed by atoms with E-state index in [0.717, 1.165) is 30.3 Å². The summed E-state index contributed by atoms with van der Waals surface area (Å²) in [5.41, 5.74) is -0.0548. The molecule has 2 amide bonds. The molecule has 138 valence electrons. The standard InChI is InChI=1S/C17H27N5O3/c1-20-11-14(15(23)21(2)17(20)25)22-9-7-13(8-10-22)19-16(24)18-12-5-3-4-6-12/h11-13H,3-10H2,1-2H3,(H2,18,19,24). The highest BCUT2D eigenvalue weighted by Crippen LogP contribution is 2.18. The number of piperidine rings is 1. The minimum Gasteiger partial charge on any atom is -0.366 e. The number of urea groups is 1. The van der Waals surface area contributed by atoms with Crippen LogP contribution in [0.2, 0.25) is 0 Å². The van der Waals surface area contributed by atoms with Crippen molar-refractivity contribution in [3.63, 3.8) is 0 Å². The van der Waals surface area contributed by atoms with Gasteiger partial charge >= 0.3 is 11.7 Å². The first-order valence-corrected chi connectivity index (χ1v) is 9.04. The first-order chi connectivity index (χ1) is 12.0. The molecule has 0 spiro atoms. The van der Waals surface area contributed by atoms with Crippen molar-refractivity contribution < 1.29 is 4.79 Å². The van der Waals surface area contributed by atoms with Gasteiger partial charge in [0.05, 0.1) is 0 Å². The van der Waals surface area contributed by atoms with Gasteiger partial charge in [-0.15, -0.1) is 0 Å². The van der Waals surface area contributed by atoms with E-state index < -0.39 is 0 Å². The number of aromatic nitrogens is 2. The second-order valence-electron chi connectivity index (χ2n) is 7.13. The van der Waals surface area contributed by atoms with Crippen LogP contribution in [-0.2, 0) is 14.1 Å². The molecule has 1 aliphatic carbocycles. The minimum atomic E-state index is -0.325. The lowest BCUT2D eigenvalue weighted by Gasteiger charge is -2.33. The first kappa shape index (κ1) is 17.6. The van der Waals surface area contributed by atoms with Gasteiger partial charge in [-0.25, -0.2) is 9.59 Å². The lowest BCUT2D eigenvalue weighted by Crippen LogP contribution is -2.51. The maximum absolute atomic E-state index is 12.3. The summed E-state index contributed by atoms with van der Waals surface area (Å²) in [6, 6.07) is 0.353. The molecule has 1 aromatic heterocycles. The average Bonchev–Trinajstić information content (AvgIpc) is 3.10. The summed E-state index contributed by atoms with van der Waals surface area (Å²) in [7, 11) is 3.14. The molecule has 25 heavy (non-hydrogen) atoms. The molecule has 0 radical (unpaired) electrons. The number of rotatable bonds is 3. The number of hydrogen-bond donors (Lipinski definition) is 2. The van der Waals surface area contributed by atoms with E-state index >= 15 is 0 Å². The van der Waals surface area contributed by atoms with Crippen molar-refractivity contribution in [3.05, 3.63) is 27.0 Å². The van der Waals surface area contributed by atoms with Crippen molar-refractivity contribution >= 4 is 11.7 Å². The number of amides is 2. The minimum absolute atomic E-state index is 0.0802. The Kier molecular flexibility index (Phi) is 5.15. The van der Waals surface area contributed by atoms with Gasteiger partial charge in [-0.1, -0.05) is 12.8 Å². The molecule has 2 fully saturated rings. The number of nitrogens with zero attached hydrogens (tertiary/aromatic N) is 3. The monoisotopic (exact) mass is 349 g/mol. The van der Waals surface area contributed by atoms with Gasteiger partial charge < -0.3 is 20.1 Å². The SMILES string of the molecule is Cn1cc(N2CCC(NC(=O)NC3CCCC3)CC2)c(=O)n(C)c1=O. The molecule has 1 saturated carbocycles. The summed E-state index contributed by atoms with van der Waals surface area (Å²) in [5, 5.41) is 6.09. The molecule has 0 atom stereocenters. The largest absolute Gasteiger partial charge is 0.366 e. The maximum Gasteiger partial charge on any atom is 0.330 e. The third-order valence-electron chi connectivity index (χ3n) is 5.29. The van der Waals surface area contributed by atoms with Gasteiger partial charge in [0, 0.05) is 45.5 Å². The van der Waals surface area contributed by atoms with Crippen LogP contribution >= 0.6 is 0 Å². The summed E-state index contributed by atoms with van der Waals surface area (Å²) < 4.78 is 2.56. The molecule has 0 unspecified atom stereocenters. The molecule has 3 rings (SSSR count). The van der Waals surface area contributed by atoms with Crippen molar-refractivity contribution in [2.75, 3.05) is 18.0 Å². The number of carbonyl (C=O) groups excluding carboxylic acids is 1. The topological polar surface area (TPSA) is 88.4 Å². The highest BCUT2D eigenvalue weighted by molar-refractivity contribution is 5.74. The van der Waals surface area contributed by atoms with Gasteiger partial charge in [0.25, 0.3) is 5.56 Å². The molecule has 2 N–H and O–H groups in total. The fourth-order valence-electron chi connectivity index (χ4n) is 3.75. The van der Waals surface area contributed by atoms with Crippen molar-refractivity contribution in [1.82, 2.24) is 19.8 Å². The molecule has 1 aliphatic heterocycles. The molecule has 8 nitrogen and oxygen atoms in total. The van der Waals surface area contributed by atoms with E-state index in [0.29, 0.717) is 24.8 Å². The van der Waals surface area contributed by atoms with Gasteiger partial charge in [0.1, 0.15) is 5.69 Å². The summed E-state index contributed by atoms with van der Waals surface area (Å²) in [6.07, 6.45) is 7.69. The summed E-state index contributed by atoms with van der Waals surface area (Å²) in [5.74, 6) is 0. The van der Waals surface area contributed by atoms with Crippen LogP contribution in [0.5, 0.6) is 0 Å². The highest BCUT2D eigenvalue weighted by atomic mass is 16.2. The van der Waals surface area contributed by atoms with E-state index in [1.165, 1.54) is 24.5 Å². The smallest absolute Gasteiger partial charge is 0.330 e. The van der Waals surface area contributed by atoms with Crippen molar-refractivity contribution in [3.8, 4) is 0 Å². The molecule has 0 aromatic carbocycles. The summed E-state index contributed by atoms with van der Waals surface area (Å²) >= 11 is 0. The van der Waals surface area contributed by atoms with Crippen molar-refractivity contribution in [2.24, 2.45) is 14.1 Å². The zero-order valence-electron chi connectivity index (χ0n) is 15.0. The number of aryl methyl sites for hydroxylation is 1. The van der Waals surface area contributed by atoms with Crippen molar-refractivity contribution in [2.45, 2.75) is 50.6 Å². The Balaban J connectivity index is 1.56. The Labute approximate surface area is 146 Å². The van der Waals surface area contributed by atoms with Gasteiger partial charge in [-0.05, 0) is 25.7 Å². The van der Waals surface area contributed by atoms with Crippen LogP contribution in [-0.4, -0.2) is 40.3 Å². The van der Waals surface area contributed by atoms with Crippen molar-refractivity contribution in [1.29, 1.82) is 0 Å². The highest BCUT2D eigenvalue weighted by Gasteiger charge is 2.24. The third-order valence-corrected chi connectivity index (χ3v) is 5.29. The zero-order valence-corrected chi connectivity index (χ0v) is 15.0. The van der Waals surface area contributed by atoms with Crippen LogP contribution in [0.15, 0.2) is 15.8 Å². The third kappa shape index (κ3) is 3.88. The van der Waals surface area contributed by atoms with Crippen LogP contribution in [0, 0.1) is 0 Å². The second kappa shape index (κ2) is 7.33. The number of carbonyl (C=O) groups is 1. The summed E-state index contributed by atoms with van der Waals surface area (Å²) in [6.45, 7) is 1.36. The molecular weight excluding hydrogens is 322 g/mol. The average molecular weight is 349 g/mol. The zero-order chi connectivity index (χ0) is 18.0. The molecule has 0 bridgehead atoms. The van der Waals surface area contributed by atoms with E-state index in [2.05, 4.69) is 10.6 Å². The van der Waals surface area contributed by atoms with Gasteiger partial charge in [-0.3, -0.25) is 9.36 Å². The lowest BCUT2D eigenvalue weighted by molar-refractivity contribution is 0.230. The van der Waals surface area contributed by atoms with Gasteiger partial charge in [0.2, 0.25) is 0 Å². The van der Waals surface area contributed by atoms with E-state index in [1.807, 2.05) is 4.90 Å². The predicted octanol–water partition coefficient (Wildman–Crippen LogP) is 0.295. The predicted molar refractivity (Wildman–Crippen MR) is 96.1 cm³/mol. The van der Waals surface area contributed by atoms with E-state index in [1.54, 1.807) is 13.2 Å². The van der Waals surface area contributed by atoms with E-state index in [-0.39, 0.29) is 23.3 Å². The quantitative estimate of drug-likeness (QED) is 0.821. The Morgan fingerprint density at radius 3 is 2.16 bits per heavy atom. The Hall–Kier alpha value is -2.25. The normalized spacial score (nSPS) is 19.2. The second-order valence-corrected chi connectivity index (χ2v) is 7.13. The molecule has 1 aromatic rings. The van der Waals surface area contributed by atoms with Crippen LogP contribution in [0.4, 0.5) is 10.5 Å². The Morgan fingerprint density at radius 1 is 1.00 bits per heavy atom. The molecule has 2 aliphatic rings. The van der Waals surface area contributed by atoms with Crippen LogP contribution < -0.4 is 26.8 Å². The van der Waals surface area contributed by atoms with Gasteiger partial charge in [-0.2, -0.15) is 0 Å². The first-order valence-electron chi connectivity index (χ1n) is 9.04. The maximum atomic E-state index is 12.3. The Morgan fingerprint density at radius 2 is 1.56 bits per heavy atom. The van der Waals surface area contributed by atoms with Crippen LogP contribution in [0.1, 0.15) is 38.5 Å². The molecular formula is C17H27N5O3.